The maximum absolute atomic E-state index is 4.09. The van der Waals surface area contributed by atoms with Crippen LogP contribution in [-0.2, 0) is 6.54 Å². The van der Waals surface area contributed by atoms with Crippen LogP contribution in [-0.4, -0.2) is 0 Å². The van der Waals surface area contributed by atoms with Gasteiger partial charge in [-0.25, -0.2) is 0 Å². The summed E-state index contributed by atoms with van der Waals surface area (Å²) in [5.74, 6) is 1.10. The molecule has 3 atom stereocenters. The summed E-state index contributed by atoms with van der Waals surface area (Å²) in [5.41, 5.74) is 16.5. The van der Waals surface area contributed by atoms with E-state index >= 15 is 0 Å². The van der Waals surface area contributed by atoms with Gasteiger partial charge in [-0.2, -0.15) is 0 Å². The van der Waals surface area contributed by atoms with Gasteiger partial charge in [0.2, 0.25) is 0 Å². The van der Waals surface area contributed by atoms with Crippen LogP contribution in [0.15, 0.2) is 79.4 Å². The topological polar surface area (TPSA) is 6.48 Å². The minimum atomic E-state index is 0.227. The summed E-state index contributed by atoms with van der Waals surface area (Å²) in [5, 5.41) is 0. The van der Waals surface area contributed by atoms with Crippen LogP contribution >= 0.6 is 0 Å². The standard InChI is InChI=1S/C36H36N2/c1-6-22(4)29-19-33-34(20-30(29)23(5)7-2)38-32-16-12-11-15-28(32)31-18-25(27-14-10-9-13-24(27)8-3)17-26-21-37(33)36(38)35(26)31/h8-20,22-23,36H,3,6-7,21H2,1-2,4-5H3. The molecule has 3 unspecified atom stereocenters. The molecule has 0 amide bonds. The Morgan fingerprint density at radius 1 is 0.789 bits per heavy atom. The van der Waals surface area contributed by atoms with E-state index in [4.69, 9.17) is 0 Å². The third kappa shape index (κ3) is 3.13. The van der Waals surface area contributed by atoms with Gasteiger partial charge in [0.15, 0.2) is 0 Å². The van der Waals surface area contributed by atoms with Crippen LogP contribution in [0.25, 0.3) is 28.3 Å². The quantitative estimate of drug-likeness (QED) is 0.262. The summed E-state index contributed by atoms with van der Waals surface area (Å²) < 4.78 is 0. The van der Waals surface area contributed by atoms with E-state index in [0.29, 0.717) is 11.8 Å². The average Bonchev–Trinajstić information content (AvgIpc) is 3.49. The second-order valence-corrected chi connectivity index (χ2v) is 11.4. The lowest BCUT2D eigenvalue weighted by atomic mass is 9.84. The first-order chi connectivity index (χ1) is 18.5. The molecular weight excluding hydrogens is 460 g/mol. The minimum absolute atomic E-state index is 0.227. The summed E-state index contributed by atoms with van der Waals surface area (Å²) in [4.78, 5) is 5.29. The molecule has 7 rings (SSSR count). The molecule has 4 aromatic carbocycles. The van der Waals surface area contributed by atoms with Gasteiger partial charge in [0.1, 0.15) is 6.17 Å². The van der Waals surface area contributed by atoms with Gasteiger partial charge in [-0.05, 0) is 94.0 Å². The van der Waals surface area contributed by atoms with E-state index in [1.54, 1.807) is 0 Å². The van der Waals surface area contributed by atoms with Crippen LogP contribution in [0.5, 0.6) is 0 Å². The van der Waals surface area contributed by atoms with Gasteiger partial charge in [0, 0.05) is 17.7 Å². The van der Waals surface area contributed by atoms with Gasteiger partial charge in [-0.1, -0.05) is 82.8 Å². The predicted octanol–water partition coefficient (Wildman–Crippen LogP) is 10.2. The second kappa shape index (κ2) is 8.63. The Morgan fingerprint density at radius 2 is 1.45 bits per heavy atom. The number of para-hydroxylation sites is 1. The molecule has 3 heterocycles. The predicted molar refractivity (Wildman–Crippen MR) is 162 cm³/mol. The van der Waals surface area contributed by atoms with Crippen molar-refractivity contribution in [3.63, 3.8) is 0 Å². The molecule has 0 saturated carbocycles. The van der Waals surface area contributed by atoms with E-state index < -0.39 is 0 Å². The van der Waals surface area contributed by atoms with E-state index in [9.17, 15) is 0 Å². The smallest absolute Gasteiger partial charge is 0.134 e. The number of hydrogen-bond acceptors (Lipinski definition) is 2. The van der Waals surface area contributed by atoms with Crippen molar-refractivity contribution >= 4 is 23.1 Å². The van der Waals surface area contributed by atoms with Crippen LogP contribution in [0.4, 0.5) is 17.1 Å². The Labute approximate surface area is 227 Å². The average molecular weight is 497 g/mol. The second-order valence-electron chi connectivity index (χ2n) is 11.4. The Kier molecular flexibility index (Phi) is 5.30. The van der Waals surface area contributed by atoms with Gasteiger partial charge in [-0.15, -0.1) is 0 Å². The Morgan fingerprint density at radius 3 is 2.16 bits per heavy atom. The minimum Gasteiger partial charge on any atom is -0.341 e. The number of fused-ring (bicyclic) bond motifs is 6. The first kappa shape index (κ1) is 23.3. The summed E-state index contributed by atoms with van der Waals surface area (Å²) in [7, 11) is 0. The van der Waals surface area contributed by atoms with Crippen LogP contribution in [0.2, 0.25) is 0 Å². The highest BCUT2D eigenvalue weighted by molar-refractivity contribution is 5.99. The lowest BCUT2D eigenvalue weighted by Gasteiger charge is -2.36. The van der Waals surface area contributed by atoms with Crippen LogP contribution in [0.3, 0.4) is 0 Å². The number of hydrogen-bond donors (Lipinski definition) is 0. The molecule has 0 spiro atoms. The van der Waals surface area contributed by atoms with Crippen molar-refractivity contribution in [1.29, 1.82) is 0 Å². The summed E-state index contributed by atoms with van der Waals surface area (Å²) >= 11 is 0. The third-order valence-corrected chi connectivity index (χ3v) is 9.39. The Balaban J connectivity index is 1.48. The van der Waals surface area contributed by atoms with Crippen molar-refractivity contribution < 1.29 is 0 Å². The molecule has 0 N–H and O–H groups in total. The van der Waals surface area contributed by atoms with E-state index in [1.165, 1.54) is 67.1 Å². The first-order valence-electron chi connectivity index (χ1n) is 14.3. The number of nitrogens with zero attached hydrogens (tertiary/aromatic N) is 2. The maximum Gasteiger partial charge on any atom is 0.134 e. The lowest BCUT2D eigenvalue weighted by Crippen LogP contribution is -2.30. The fraction of sp³-hybridized carbons (Fsp3) is 0.278. The zero-order valence-corrected chi connectivity index (χ0v) is 23.0. The SMILES string of the molecule is C=Cc1ccccc1-c1cc2c3c(c1)-c1ccccc1N1c4cc(C(C)CC)c(C(C)CC)cc4N(C2)C31. The normalized spacial score (nSPS) is 17.6. The Bertz CT molecular complexity index is 1600. The molecule has 3 aliphatic heterocycles. The van der Waals surface area contributed by atoms with Crippen molar-refractivity contribution in [2.45, 2.75) is 65.1 Å². The van der Waals surface area contributed by atoms with Crippen molar-refractivity contribution in [3.8, 4) is 22.3 Å². The first-order valence-corrected chi connectivity index (χ1v) is 14.3. The number of anilines is 3. The molecule has 0 fully saturated rings. The van der Waals surface area contributed by atoms with Crippen LogP contribution < -0.4 is 9.80 Å². The van der Waals surface area contributed by atoms with Gasteiger partial charge < -0.3 is 9.80 Å². The van der Waals surface area contributed by atoms with Crippen molar-refractivity contribution in [1.82, 2.24) is 0 Å². The summed E-state index contributed by atoms with van der Waals surface area (Å²) in [6, 6.07) is 27.6. The molecule has 0 radical (unpaired) electrons. The molecule has 3 aliphatic rings. The molecule has 190 valence electrons. The fourth-order valence-electron chi connectivity index (χ4n) is 7.01. The fourth-order valence-corrected chi connectivity index (χ4v) is 7.01. The highest BCUT2D eigenvalue weighted by Gasteiger charge is 2.48. The molecule has 0 aromatic heterocycles. The zero-order chi connectivity index (χ0) is 26.1. The monoisotopic (exact) mass is 496 g/mol. The molecule has 38 heavy (non-hydrogen) atoms. The van der Waals surface area contributed by atoms with Crippen LogP contribution in [0, 0.1) is 0 Å². The zero-order valence-electron chi connectivity index (χ0n) is 23.0. The molecule has 2 heteroatoms. The van der Waals surface area contributed by atoms with Crippen LogP contribution in [0.1, 0.15) is 86.4 Å². The van der Waals surface area contributed by atoms with E-state index in [1.807, 2.05) is 6.08 Å². The largest absolute Gasteiger partial charge is 0.341 e. The molecule has 0 saturated heterocycles. The molecule has 4 aromatic rings. The highest BCUT2D eigenvalue weighted by Crippen LogP contribution is 2.62. The van der Waals surface area contributed by atoms with Gasteiger partial charge in [0.05, 0.1) is 17.1 Å². The Hall–Kier alpha value is -3.78. The molecule has 0 aliphatic carbocycles. The van der Waals surface area contributed by atoms with E-state index in [0.717, 1.165) is 19.4 Å². The van der Waals surface area contributed by atoms with Gasteiger partial charge in [-0.3, -0.25) is 0 Å². The van der Waals surface area contributed by atoms with Gasteiger partial charge in [0.25, 0.3) is 0 Å². The lowest BCUT2D eigenvalue weighted by molar-refractivity contribution is 0.677. The summed E-state index contributed by atoms with van der Waals surface area (Å²) in [6.45, 7) is 14.5. The van der Waals surface area contributed by atoms with E-state index in [2.05, 4.69) is 117 Å². The molecule has 2 nitrogen and oxygen atoms in total. The number of benzene rings is 4. The maximum atomic E-state index is 4.09. The molecular formula is C36H36N2. The van der Waals surface area contributed by atoms with Gasteiger partial charge >= 0.3 is 0 Å². The van der Waals surface area contributed by atoms with Crippen molar-refractivity contribution in [2.24, 2.45) is 0 Å². The highest BCUT2D eigenvalue weighted by atomic mass is 15.4. The van der Waals surface area contributed by atoms with E-state index in [-0.39, 0.29) is 6.17 Å². The summed E-state index contributed by atoms with van der Waals surface area (Å²) in [6.07, 6.45) is 4.53. The van der Waals surface area contributed by atoms with Crippen molar-refractivity contribution in [3.05, 3.63) is 107 Å². The van der Waals surface area contributed by atoms with Crippen molar-refractivity contribution in [2.75, 3.05) is 9.80 Å². The molecule has 0 bridgehead atoms. The number of rotatable bonds is 6. The third-order valence-electron chi connectivity index (χ3n) is 9.39.